The summed E-state index contributed by atoms with van der Waals surface area (Å²) in [6, 6.07) is 3.29. The molecular weight excluding hydrogens is 421 g/mol. The Balaban J connectivity index is 1.41. The van der Waals surface area contributed by atoms with E-state index in [0.29, 0.717) is 11.2 Å². The lowest BCUT2D eigenvalue weighted by atomic mass is 10.1. The first kappa shape index (κ1) is 24.2. The molecule has 0 atom stereocenters. The summed E-state index contributed by atoms with van der Waals surface area (Å²) in [5, 5.41) is 19.4. The molecule has 7 heteroatoms. The summed E-state index contributed by atoms with van der Waals surface area (Å²) in [6.07, 6.45) is 10.8. The maximum absolute atomic E-state index is 15.1. The number of aliphatic hydroxyl groups is 2. The van der Waals surface area contributed by atoms with E-state index in [9.17, 15) is 15.0 Å². The zero-order chi connectivity index (χ0) is 23.4. The lowest BCUT2D eigenvalue weighted by molar-refractivity contribution is -0.0435. The Labute approximate surface area is 195 Å². The molecule has 0 unspecified atom stereocenters. The SMILES string of the molecule is CCCCCCCCCN1CCN(c2cc3c(cc2F)c(=O)c(C(O)O)cn3C2CC2)CC1. The number of aliphatic hydroxyl groups excluding tert-OH is 1. The molecule has 0 amide bonds. The van der Waals surface area contributed by atoms with Crippen molar-refractivity contribution in [3.63, 3.8) is 0 Å². The Morgan fingerprint density at radius 3 is 2.30 bits per heavy atom. The Morgan fingerprint density at radius 2 is 1.67 bits per heavy atom. The van der Waals surface area contributed by atoms with Crippen molar-refractivity contribution >= 4 is 16.6 Å². The van der Waals surface area contributed by atoms with Crippen molar-refractivity contribution in [2.24, 2.45) is 0 Å². The number of halogens is 1. The van der Waals surface area contributed by atoms with Gasteiger partial charge < -0.3 is 19.7 Å². The summed E-state index contributed by atoms with van der Waals surface area (Å²) < 4.78 is 17.0. The maximum Gasteiger partial charge on any atom is 0.197 e. The number of aromatic nitrogens is 1. The lowest BCUT2D eigenvalue weighted by Gasteiger charge is -2.36. The van der Waals surface area contributed by atoms with Gasteiger partial charge in [-0.3, -0.25) is 9.69 Å². The molecule has 4 rings (SSSR count). The van der Waals surface area contributed by atoms with Crippen LogP contribution in [-0.4, -0.2) is 52.4 Å². The van der Waals surface area contributed by atoms with Crippen LogP contribution < -0.4 is 10.3 Å². The molecule has 2 heterocycles. The molecule has 2 aromatic rings. The van der Waals surface area contributed by atoms with Gasteiger partial charge in [0.1, 0.15) is 5.82 Å². The third kappa shape index (κ3) is 5.76. The molecule has 2 aliphatic rings. The van der Waals surface area contributed by atoms with Crippen molar-refractivity contribution in [1.29, 1.82) is 0 Å². The molecule has 1 aliphatic heterocycles. The van der Waals surface area contributed by atoms with Gasteiger partial charge in [-0.15, -0.1) is 0 Å². The van der Waals surface area contributed by atoms with Gasteiger partial charge in [0, 0.05) is 43.8 Å². The van der Waals surface area contributed by atoms with Gasteiger partial charge in [-0.2, -0.15) is 0 Å². The first-order valence-corrected chi connectivity index (χ1v) is 12.7. The van der Waals surface area contributed by atoms with Gasteiger partial charge in [0.05, 0.1) is 16.8 Å². The Morgan fingerprint density at radius 1 is 1.00 bits per heavy atom. The van der Waals surface area contributed by atoms with Crippen molar-refractivity contribution in [2.45, 2.75) is 77.0 Å². The van der Waals surface area contributed by atoms with Crippen LogP contribution in [0.5, 0.6) is 0 Å². The quantitative estimate of drug-likeness (QED) is 0.387. The largest absolute Gasteiger partial charge is 0.367 e. The molecule has 2 N–H and O–H groups in total. The fourth-order valence-electron chi connectivity index (χ4n) is 4.97. The number of hydrogen-bond acceptors (Lipinski definition) is 5. The smallest absolute Gasteiger partial charge is 0.197 e. The van der Waals surface area contributed by atoms with Gasteiger partial charge in [-0.1, -0.05) is 45.4 Å². The number of anilines is 1. The van der Waals surface area contributed by atoms with E-state index in [2.05, 4.69) is 16.7 Å². The predicted molar refractivity (Wildman–Crippen MR) is 130 cm³/mol. The Hall–Kier alpha value is -1.96. The fourth-order valence-corrected chi connectivity index (χ4v) is 4.97. The molecule has 0 spiro atoms. The van der Waals surface area contributed by atoms with E-state index in [1.807, 2.05) is 4.57 Å². The van der Waals surface area contributed by atoms with Crippen LogP contribution >= 0.6 is 0 Å². The normalized spacial score (nSPS) is 17.4. The van der Waals surface area contributed by atoms with Crippen LogP contribution in [0.4, 0.5) is 10.1 Å². The number of nitrogens with zero attached hydrogens (tertiary/aromatic N) is 3. The summed E-state index contributed by atoms with van der Waals surface area (Å²) in [5.74, 6) is -0.424. The maximum atomic E-state index is 15.1. The van der Waals surface area contributed by atoms with E-state index >= 15 is 4.39 Å². The molecule has 1 saturated heterocycles. The molecule has 6 nitrogen and oxygen atoms in total. The fraction of sp³-hybridized carbons (Fsp3) is 0.654. The monoisotopic (exact) mass is 459 g/mol. The molecule has 0 radical (unpaired) electrons. The van der Waals surface area contributed by atoms with Crippen LogP contribution in [0.2, 0.25) is 0 Å². The molecule has 1 aliphatic carbocycles. The van der Waals surface area contributed by atoms with Crippen LogP contribution in [0.15, 0.2) is 23.1 Å². The molecule has 1 aromatic carbocycles. The standard InChI is InChI=1S/C26H38FN3O3/c1-2-3-4-5-6-7-8-11-28-12-14-29(15-13-28)24-17-23-20(16-22(24)27)25(31)21(26(32)33)18-30(23)19-9-10-19/h16-19,26,32-33H,2-15H2,1H3. The average Bonchev–Trinajstić information content (AvgIpc) is 3.64. The number of rotatable bonds is 11. The van der Waals surface area contributed by atoms with Gasteiger partial charge in [-0.05, 0) is 37.9 Å². The Kier molecular flexibility index (Phi) is 8.04. The third-order valence-electron chi connectivity index (χ3n) is 7.14. The number of pyridine rings is 1. The van der Waals surface area contributed by atoms with E-state index < -0.39 is 17.5 Å². The van der Waals surface area contributed by atoms with Gasteiger partial charge in [0.25, 0.3) is 0 Å². The molecular formula is C26H38FN3O3. The van der Waals surface area contributed by atoms with Gasteiger partial charge in [0.2, 0.25) is 0 Å². The second-order valence-electron chi connectivity index (χ2n) is 9.70. The predicted octanol–water partition coefficient (Wildman–Crippen LogP) is 4.33. The summed E-state index contributed by atoms with van der Waals surface area (Å²) in [6.45, 7) is 6.71. The van der Waals surface area contributed by atoms with Crippen molar-refractivity contribution in [3.8, 4) is 0 Å². The van der Waals surface area contributed by atoms with E-state index in [1.165, 1.54) is 57.2 Å². The summed E-state index contributed by atoms with van der Waals surface area (Å²) >= 11 is 0. The topological polar surface area (TPSA) is 68.9 Å². The molecule has 2 fully saturated rings. The van der Waals surface area contributed by atoms with Crippen molar-refractivity contribution in [1.82, 2.24) is 9.47 Å². The van der Waals surface area contributed by atoms with Crippen molar-refractivity contribution < 1.29 is 14.6 Å². The van der Waals surface area contributed by atoms with E-state index in [0.717, 1.165) is 45.6 Å². The van der Waals surface area contributed by atoms with Crippen LogP contribution in [-0.2, 0) is 0 Å². The van der Waals surface area contributed by atoms with Crippen LogP contribution in [0.25, 0.3) is 10.9 Å². The highest BCUT2D eigenvalue weighted by atomic mass is 19.1. The van der Waals surface area contributed by atoms with Crippen molar-refractivity contribution in [2.75, 3.05) is 37.6 Å². The second kappa shape index (κ2) is 11.0. The highest BCUT2D eigenvalue weighted by Gasteiger charge is 2.28. The van der Waals surface area contributed by atoms with E-state index in [-0.39, 0.29) is 17.0 Å². The highest BCUT2D eigenvalue weighted by molar-refractivity contribution is 5.84. The number of fused-ring (bicyclic) bond motifs is 1. The minimum atomic E-state index is -1.86. The molecule has 1 aromatic heterocycles. The molecule has 33 heavy (non-hydrogen) atoms. The molecule has 1 saturated carbocycles. The molecule has 0 bridgehead atoms. The zero-order valence-electron chi connectivity index (χ0n) is 19.8. The summed E-state index contributed by atoms with van der Waals surface area (Å²) in [5.41, 5.74) is 0.598. The number of hydrogen-bond donors (Lipinski definition) is 2. The minimum absolute atomic E-state index is 0.0967. The zero-order valence-corrected chi connectivity index (χ0v) is 19.8. The summed E-state index contributed by atoms with van der Waals surface area (Å²) in [4.78, 5) is 17.3. The van der Waals surface area contributed by atoms with E-state index in [1.54, 1.807) is 6.07 Å². The number of piperazine rings is 1. The van der Waals surface area contributed by atoms with Crippen molar-refractivity contribution in [3.05, 3.63) is 39.9 Å². The average molecular weight is 460 g/mol. The number of benzene rings is 1. The highest BCUT2D eigenvalue weighted by Crippen LogP contribution is 2.38. The van der Waals surface area contributed by atoms with Gasteiger partial charge in [-0.25, -0.2) is 4.39 Å². The number of unbranched alkanes of at least 4 members (excludes halogenated alkanes) is 6. The first-order valence-electron chi connectivity index (χ1n) is 12.7. The van der Waals surface area contributed by atoms with Gasteiger partial charge >= 0.3 is 0 Å². The minimum Gasteiger partial charge on any atom is -0.367 e. The van der Waals surface area contributed by atoms with E-state index in [4.69, 9.17) is 0 Å². The van der Waals surface area contributed by atoms with Crippen LogP contribution in [0.1, 0.15) is 82.6 Å². The summed E-state index contributed by atoms with van der Waals surface area (Å²) in [7, 11) is 0. The van der Waals surface area contributed by atoms with Crippen LogP contribution in [0.3, 0.4) is 0 Å². The lowest BCUT2D eigenvalue weighted by Crippen LogP contribution is -2.47. The Bertz CT molecular complexity index is 994. The van der Waals surface area contributed by atoms with Gasteiger partial charge in [0.15, 0.2) is 11.7 Å². The second-order valence-corrected chi connectivity index (χ2v) is 9.70. The molecule has 182 valence electrons. The van der Waals surface area contributed by atoms with Crippen LogP contribution in [0, 0.1) is 5.82 Å². The third-order valence-corrected chi connectivity index (χ3v) is 7.14. The first-order chi connectivity index (χ1) is 16.0.